The van der Waals surface area contributed by atoms with Crippen LogP contribution in [0.2, 0.25) is 0 Å². The summed E-state index contributed by atoms with van der Waals surface area (Å²) >= 11 is 0. The molecular formula is C6H12N4. The fourth-order valence-corrected chi connectivity index (χ4v) is 0.886. The summed E-state index contributed by atoms with van der Waals surface area (Å²) in [6.45, 7) is 1.15. The van der Waals surface area contributed by atoms with Crippen molar-refractivity contribution >= 4 is 0 Å². The Morgan fingerprint density at radius 2 is 2.30 bits per heavy atom. The van der Waals surface area contributed by atoms with Gasteiger partial charge in [-0.2, -0.15) is 5.10 Å². The monoisotopic (exact) mass is 140 g/mol. The van der Waals surface area contributed by atoms with Crippen LogP contribution in [0.3, 0.4) is 0 Å². The Bertz CT molecular complexity index is 193. The first-order valence-electron chi connectivity index (χ1n) is 3.29. The van der Waals surface area contributed by atoms with Crippen LogP contribution in [-0.2, 0) is 13.0 Å². The fraction of sp³-hybridized carbons (Fsp3) is 0.500. The van der Waals surface area contributed by atoms with Gasteiger partial charge in [-0.05, 0) is 18.5 Å². The van der Waals surface area contributed by atoms with E-state index in [2.05, 4.69) is 10.2 Å². The molecule has 0 aliphatic carbocycles. The Balaban J connectivity index is 2.70. The maximum atomic E-state index is 5.41. The molecule has 0 saturated heterocycles. The van der Waals surface area contributed by atoms with E-state index < -0.39 is 0 Å². The highest BCUT2D eigenvalue weighted by molar-refractivity contribution is 5.15. The molecule has 1 rings (SSSR count). The fourth-order valence-electron chi connectivity index (χ4n) is 0.886. The first-order valence-corrected chi connectivity index (χ1v) is 3.29. The second-order valence-corrected chi connectivity index (χ2v) is 2.12. The number of hydrogen-bond acceptors (Lipinski definition) is 3. The van der Waals surface area contributed by atoms with Gasteiger partial charge in [-0.25, -0.2) is 0 Å². The first-order chi connectivity index (χ1) is 4.88. The Morgan fingerprint density at radius 3 is 2.90 bits per heavy atom. The number of nitrogens with zero attached hydrogens (tertiary/aromatic N) is 1. The topological polar surface area (TPSA) is 80.7 Å². The van der Waals surface area contributed by atoms with Crippen molar-refractivity contribution in [3.63, 3.8) is 0 Å². The summed E-state index contributed by atoms with van der Waals surface area (Å²) in [5, 5.41) is 6.66. The minimum absolute atomic E-state index is 0.509. The van der Waals surface area contributed by atoms with Crippen molar-refractivity contribution in [1.82, 2.24) is 10.2 Å². The molecule has 1 aromatic heterocycles. The van der Waals surface area contributed by atoms with Crippen molar-refractivity contribution in [2.24, 2.45) is 11.5 Å². The van der Waals surface area contributed by atoms with Crippen molar-refractivity contribution in [1.29, 1.82) is 0 Å². The molecule has 0 bridgehead atoms. The van der Waals surface area contributed by atoms with Gasteiger partial charge in [-0.1, -0.05) is 0 Å². The van der Waals surface area contributed by atoms with E-state index in [4.69, 9.17) is 11.5 Å². The number of nitrogens with two attached hydrogens (primary N) is 2. The van der Waals surface area contributed by atoms with Crippen molar-refractivity contribution in [2.45, 2.75) is 13.0 Å². The lowest BCUT2D eigenvalue weighted by Gasteiger charge is -1.95. The standard InChI is InChI=1S/C6H12N4/c7-2-1-5-4-9-10-6(5)3-8/h4H,1-3,7-8H2,(H,9,10). The van der Waals surface area contributed by atoms with E-state index in [-0.39, 0.29) is 0 Å². The Morgan fingerprint density at radius 1 is 1.50 bits per heavy atom. The molecule has 10 heavy (non-hydrogen) atoms. The molecule has 5 N–H and O–H groups in total. The van der Waals surface area contributed by atoms with Gasteiger partial charge in [0.15, 0.2) is 0 Å². The summed E-state index contributed by atoms with van der Waals surface area (Å²) in [7, 11) is 0. The quantitative estimate of drug-likeness (QED) is 0.523. The number of H-pyrrole nitrogens is 1. The predicted molar refractivity (Wildman–Crippen MR) is 39.2 cm³/mol. The largest absolute Gasteiger partial charge is 0.330 e. The van der Waals surface area contributed by atoms with Crippen LogP contribution in [0.5, 0.6) is 0 Å². The second-order valence-electron chi connectivity index (χ2n) is 2.12. The average molecular weight is 140 g/mol. The minimum Gasteiger partial charge on any atom is -0.330 e. The van der Waals surface area contributed by atoms with Gasteiger partial charge in [0.1, 0.15) is 0 Å². The summed E-state index contributed by atoms with van der Waals surface area (Å²) < 4.78 is 0. The van der Waals surface area contributed by atoms with Gasteiger partial charge in [-0.3, -0.25) is 5.10 Å². The minimum atomic E-state index is 0.509. The van der Waals surface area contributed by atoms with E-state index >= 15 is 0 Å². The third-order valence-corrected chi connectivity index (χ3v) is 1.43. The molecule has 1 heterocycles. The molecule has 0 atom stereocenters. The zero-order chi connectivity index (χ0) is 7.40. The van der Waals surface area contributed by atoms with Gasteiger partial charge in [-0.15, -0.1) is 0 Å². The van der Waals surface area contributed by atoms with E-state index in [0.29, 0.717) is 13.1 Å². The summed E-state index contributed by atoms with van der Waals surface area (Å²) in [4.78, 5) is 0. The van der Waals surface area contributed by atoms with Crippen LogP contribution in [0, 0.1) is 0 Å². The van der Waals surface area contributed by atoms with Gasteiger partial charge in [0, 0.05) is 6.54 Å². The third-order valence-electron chi connectivity index (χ3n) is 1.43. The smallest absolute Gasteiger partial charge is 0.0523 e. The highest BCUT2D eigenvalue weighted by Gasteiger charge is 1.99. The number of rotatable bonds is 3. The van der Waals surface area contributed by atoms with Crippen molar-refractivity contribution < 1.29 is 0 Å². The van der Waals surface area contributed by atoms with Gasteiger partial charge in [0.05, 0.1) is 11.9 Å². The summed E-state index contributed by atoms with van der Waals surface area (Å²) in [5.74, 6) is 0. The molecule has 0 amide bonds. The molecule has 0 spiro atoms. The van der Waals surface area contributed by atoms with Gasteiger partial charge in [0.2, 0.25) is 0 Å². The Kier molecular flexibility index (Phi) is 2.42. The zero-order valence-corrected chi connectivity index (χ0v) is 5.80. The molecule has 0 radical (unpaired) electrons. The molecule has 4 heteroatoms. The van der Waals surface area contributed by atoms with Crippen molar-refractivity contribution in [3.05, 3.63) is 17.5 Å². The lowest BCUT2D eigenvalue weighted by Crippen LogP contribution is -2.06. The maximum Gasteiger partial charge on any atom is 0.0523 e. The Labute approximate surface area is 59.6 Å². The van der Waals surface area contributed by atoms with Crippen LogP contribution in [0.15, 0.2) is 6.20 Å². The first kappa shape index (κ1) is 7.24. The van der Waals surface area contributed by atoms with Crippen LogP contribution < -0.4 is 11.5 Å². The molecule has 0 unspecified atom stereocenters. The Hall–Kier alpha value is -0.870. The highest BCUT2D eigenvalue weighted by atomic mass is 15.1. The summed E-state index contributed by atoms with van der Waals surface area (Å²) in [6, 6.07) is 0. The lowest BCUT2D eigenvalue weighted by molar-refractivity contribution is 0.904. The summed E-state index contributed by atoms with van der Waals surface area (Å²) in [6.07, 6.45) is 2.62. The number of aromatic nitrogens is 2. The molecule has 0 aliphatic rings. The van der Waals surface area contributed by atoms with Crippen LogP contribution in [-0.4, -0.2) is 16.7 Å². The lowest BCUT2D eigenvalue weighted by atomic mass is 10.2. The molecule has 1 aromatic rings. The zero-order valence-electron chi connectivity index (χ0n) is 5.80. The molecular weight excluding hydrogens is 128 g/mol. The van der Waals surface area contributed by atoms with Gasteiger partial charge < -0.3 is 11.5 Å². The highest BCUT2D eigenvalue weighted by Crippen LogP contribution is 2.02. The van der Waals surface area contributed by atoms with Crippen LogP contribution in [0.1, 0.15) is 11.3 Å². The van der Waals surface area contributed by atoms with E-state index in [1.807, 2.05) is 0 Å². The van der Waals surface area contributed by atoms with Gasteiger partial charge in [0.25, 0.3) is 0 Å². The maximum absolute atomic E-state index is 5.41. The second kappa shape index (κ2) is 3.34. The normalized spacial score (nSPS) is 10.2. The van der Waals surface area contributed by atoms with Crippen molar-refractivity contribution in [3.8, 4) is 0 Å². The number of aromatic amines is 1. The molecule has 0 aromatic carbocycles. The van der Waals surface area contributed by atoms with E-state index in [1.54, 1.807) is 6.20 Å². The number of hydrogen-bond donors (Lipinski definition) is 3. The third kappa shape index (κ3) is 1.34. The van der Waals surface area contributed by atoms with E-state index in [1.165, 1.54) is 0 Å². The van der Waals surface area contributed by atoms with Crippen LogP contribution >= 0.6 is 0 Å². The van der Waals surface area contributed by atoms with E-state index in [0.717, 1.165) is 17.7 Å². The molecule has 4 nitrogen and oxygen atoms in total. The molecule has 0 aliphatic heterocycles. The van der Waals surface area contributed by atoms with Crippen molar-refractivity contribution in [2.75, 3.05) is 6.54 Å². The van der Waals surface area contributed by atoms with E-state index in [9.17, 15) is 0 Å². The average Bonchev–Trinajstić information content (AvgIpc) is 2.36. The molecule has 0 saturated carbocycles. The van der Waals surface area contributed by atoms with Crippen LogP contribution in [0.4, 0.5) is 0 Å². The molecule has 56 valence electrons. The predicted octanol–water partition coefficient (Wildman–Crippen LogP) is -0.630. The molecule has 0 fully saturated rings. The SMILES string of the molecule is NCCc1cn[nH]c1CN. The number of nitrogens with one attached hydrogen (secondary N) is 1. The summed E-state index contributed by atoms with van der Waals surface area (Å²) in [5.41, 5.74) is 12.9. The van der Waals surface area contributed by atoms with Crippen LogP contribution in [0.25, 0.3) is 0 Å². The van der Waals surface area contributed by atoms with Gasteiger partial charge >= 0.3 is 0 Å².